The van der Waals surface area contributed by atoms with Gasteiger partial charge in [-0.2, -0.15) is 0 Å². The predicted molar refractivity (Wildman–Crippen MR) is 79.8 cm³/mol. The molecule has 2 aromatic rings. The number of fused-ring (bicyclic) bond motifs is 1. The van der Waals surface area contributed by atoms with E-state index in [1.807, 2.05) is 19.1 Å². The Labute approximate surface area is 119 Å². The number of aromatic nitrogens is 1. The second-order valence-corrected chi connectivity index (χ2v) is 6.53. The molecule has 1 aromatic carbocycles. The minimum atomic E-state index is -0.542. The van der Waals surface area contributed by atoms with Crippen molar-refractivity contribution in [1.29, 1.82) is 0 Å². The molecule has 110 valence electrons. The number of oxazole rings is 1. The summed E-state index contributed by atoms with van der Waals surface area (Å²) in [6.07, 6.45) is 1.00. The van der Waals surface area contributed by atoms with Crippen molar-refractivity contribution in [3.63, 3.8) is 0 Å². The van der Waals surface area contributed by atoms with Gasteiger partial charge in [-0.15, -0.1) is 0 Å². The molecule has 1 atom stereocenters. The van der Waals surface area contributed by atoms with Crippen molar-refractivity contribution >= 4 is 11.1 Å². The molecule has 4 nitrogen and oxygen atoms in total. The zero-order valence-corrected chi connectivity index (χ0v) is 12.6. The van der Waals surface area contributed by atoms with Gasteiger partial charge < -0.3 is 9.52 Å². The minimum absolute atomic E-state index is 0.0450. The van der Waals surface area contributed by atoms with Gasteiger partial charge in [0.1, 0.15) is 0 Å². The van der Waals surface area contributed by atoms with Gasteiger partial charge in [-0.3, -0.25) is 4.57 Å². The third-order valence-corrected chi connectivity index (χ3v) is 3.33. The van der Waals surface area contributed by atoms with E-state index in [9.17, 15) is 9.90 Å². The second-order valence-electron chi connectivity index (χ2n) is 6.53. The van der Waals surface area contributed by atoms with E-state index in [4.69, 9.17) is 4.42 Å². The van der Waals surface area contributed by atoms with Crippen molar-refractivity contribution in [2.75, 3.05) is 0 Å². The lowest BCUT2D eigenvalue weighted by Crippen LogP contribution is -2.13. The molecular weight excluding hydrogens is 254 g/mol. The highest BCUT2D eigenvalue weighted by Crippen LogP contribution is 2.30. The molecule has 20 heavy (non-hydrogen) atoms. The van der Waals surface area contributed by atoms with Crippen LogP contribution in [0.1, 0.15) is 52.2 Å². The maximum Gasteiger partial charge on any atom is 0.419 e. The van der Waals surface area contributed by atoms with E-state index in [-0.39, 0.29) is 11.2 Å². The molecule has 1 aromatic heterocycles. The monoisotopic (exact) mass is 277 g/mol. The lowest BCUT2D eigenvalue weighted by atomic mass is 9.87. The lowest BCUT2D eigenvalue weighted by molar-refractivity contribution is 0.122. The molecule has 1 N–H and O–H groups in total. The summed E-state index contributed by atoms with van der Waals surface area (Å²) in [5.41, 5.74) is 2.19. The molecule has 1 unspecified atom stereocenters. The van der Waals surface area contributed by atoms with Gasteiger partial charge in [0, 0.05) is 6.54 Å². The van der Waals surface area contributed by atoms with Crippen LogP contribution in [0.3, 0.4) is 0 Å². The van der Waals surface area contributed by atoms with Crippen molar-refractivity contribution in [2.45, 2.75) is 53.2 Å². The fourth-order valence-electron chi connectivity index (χ4n) is 2.42. The minimum Gasteiger partial charge on any atom is -0.408 e. The van der Waals surface area contributed by atoms with E-state index in [2.05, 4.69) is 20.8 Å². The number of nitrogens with zero attached hydrogens (tertiary/aromatic N) is 1. The smallest absolute Gasteiger partial charge is 0.408 e. The molecule has 4 heteroatoms. The molecule has 0 spiro atoms. The van der Waals surface area contributed by atoms with Crippen molar-refractivity contribution in [3.8, 4) is 0 Å². The summed E-state index contributed by atoms with van der Waals surface area (Å²) in [6.45, 7) is 8.94. The molecular formula is C16H23NO3. The molecule has 0 aliphatic rings. The van der Waals surface area contributed by atoms with Crippen molar-refractivity contribution < 1.29 is 9.52 Å². The first kappa shape index (κ1) is 14.9. The zero-order chi connectivity index (χ0) is 14.9. The highest BCUT2D eigenvalue weighted by Gasteiger charge is 2.19. The molecule has 0 saturated carbocycles. The van der Waals surface area contributed by atoms with E-state index < -0.39 is 6.10 Å². The van der Waals surface area contributed by atoms with Gasteiger partial charge >= 0.3 is 5.76 Å². The summed E-state index contributed by atoms with van der Waals surface area (Å²) in [5, 5.41) is 10.3. The first-order valence-electron chi connectivity index (χ1n) is 7.13. The molecule has 0 fully saturated rings. The maximum absolute atomic E-state index is 11.8. The van der Waals surface area contributed by atoms with Crippen molar-refractivity contribution in [3.05, 3.63) is 34.3 Å². The Bertz CT molecular complexity index is 646. The highest BCUT2D eigenvalue weighted by atomic mass is 16.4. The van der Waals surface area contributed by atoms with E-state index in [1.165, 1.54) is 0 Å². The number of hydrogen-bond donors (Lipinski definition) is 1. The molecule has 2 rings (SSSR count). The van der Waals surface area contributed by atoms with E-state index in [0.29, 0.717) is 18.5 Å². The van der Waals surface area contributed by atoms with Gasteiger partial charge in [0.25, 0.3) is 0 Å². The largest absolute Gasteiger partial charge is 0.419 e. The van der Waals surface area contributed by atoms with Crippen LogP contribution in [-0.4, -0.2) is 9.67 Å². The third-order valence-electron chi connectivity index (χ3n) is 3.33. The Morgan fingerprint density at radius 2 is 2.05 bits per heavy atom. The number of hydrogen-bond acceptors (Lipinski definition) is 3. The lowest BCUT2D eigenvalue weighted by Gasteiger charge is -2.22. The Balaban J connectivity index is 2.37. The molecule has 1 heterocycles. The molecule has 0 amide bonds. The number of aliphatic hydroxyl groups excluding tert-OH is 1. The van der Waals surface area contributed by atoms with Crippen LogP contribution in [0.15, 0.2) is 27.4 Å². The molecule has 0 saturated heterocycles. The summed E-state index contributed by atoms with van der Waals surface area (Å²) in [5.74, 6) is -0.329. The van der Waals surface area contributed by atoms with Crippen LogP contribution in [-0.2, 0) is 6.54 Å². The molecule has 0 bridgehead atoms. The van der Waals surface area contributed by atoms with Gasteiger partial charge in [-0.1, -0.05) is 33.8 Å². The average molecular weight is 277 g/mol. The van der Waals surface area contributed by atoms with Crippen molar-refractivity contribution in [2.24, 2.45) is 5.41 Å². The fraction of sp³-hybridized carbons (Fsp3) is 0.562. The van der Waals surface area contributed by atoms with E-state index in [1.54, 1.807) is 10.6 Å². The van der Waals surface area contributed by atoms with Crippen LogP contribution >= 0.6 is 0 Å². The Kier molecular flexibility index (Phi) is 4.04. The van der Waals surface area contributed by atoms with Crippen LogP contribution in [0.2, 0.25) is 0 Å². The van der Waals surface area contributed by atoms with Crippen LogP contribution in [0.4, 0.5) is 0 Å². The van der Waals surface area contributed by atoms with E-state index in [0.717, 1.165) is 17.5 Å². The van der Waals surface area contributed by atoms with Crippen LogP contribution < -0.4 is 5.76 Å². The first-order chi connectivity index (χ1) is 9.31. The SMILES string of the molecule is CCCn1c(=O)oc2cc(C(O)CC(C)(C)C)ccc21. The third kappa shape index (κ3) is 3.12. The fourth-order valence-corrected chi connectivity index (χ4v) is 2.42. The number of aryl methyl sites for hydroxylation is 1. The summed E-state index contributed by atoms with van der Waals surface area (Å²) < 4.78 is 6.90. The molecule has 0 aliphatic heterocycles. The highest BCUT2D eigenvalue weighted by molar-refractivity contribution is 5.73. The van der Waals surface area contributed by atoms with Gasteiger partial charge in [0.05, 0.1) is 11.6 Å². The van der Waals surface area contributed by atoms with Gasteiger partial charge in [-0.05, 0) is 36.0 Å². The summed E-state index contributed by atoms with van der Waals surface area (Å²) in [6, 6.07) is 5.51. The Morgan fingerprint density at radius 1 is 1.35 bits per heavy atom. The van der Waals surface area contributed by atoms with Gasteiger partial charge in [0.2, 0.25) is 0 Å². The summed E-state index contributed by atoms with van der Waals surface area (Å²) in [7, 11) is 0. The molecule has 0 radical (unpaired) electrons. The maximum atomic E-state index is 11.8. The number of aliphatic hydroxyl groups is 1. The predicted octanol–water partition coefficient (Wildman–Crippen LogP) is 3.47. The Morgan fingerprint density at radius 3 is 2.65 bits per heavy atom. The number of rotatable bonds is 4. The van der Waals surface area contributed by atoms with Crippen molar-refractivity contribution in [1.82, 2.24) is 4.57 Å². The van der Waals surface area contributed by atoms with Crippen LogP contribution in [0.5, 0.6) is 0 Å². The molecule has 0 aliphatic carbocycles. The van der Waals surface area contributed by atoms with Crippen LogP contribution in [0, 0.1) is 5.41 Å². The van der Waals surface area contributed by atoms with Gasteiger partial charge in [-0.25, -0.2) is 4.79 Å². The average Bonchev–Trinajstić information content (AvgIpc) is 2.63. The normalized spacial score (nSPS) is 13.8. The van der Waals surface area contributed by atoms with E-state index >= 15 is 0 Å². The number of benzene rings is 1. The van der Waals surface area contributed by atoms with Crippen LogP contribution in [0.25, 0.3) is 11.1 Å². The Hall–Kier alpha value is -1.55. The summed E-state index contributed by atoms with van der Waals surface area (Å²) in [4.78, 5) is 11.8. The topological polar surface area (TPSA) is 55.4 Å². The standard InChI is InChI=1S/C16H23NO3/c1-5-8-17-12-7-6-11(9-14(12)20-15(17)19)13(18)10-16(2,3)4/h6-7,9,13,18H,5,8,10H2,1-4H3. The summed E-state index contributed by atoms with van der Waals surface area (Å²) >= 11 is 0. The zero-order valence-electron chi connectivity index (χ0n) is 12.6. The first-order valence-corrected chi connectivity index (χ1v) is 7.13. The quantitative estimate of drug-likeness (QED) is 0.931. The van der Waals surface area contributed by atoms with Gasteiger partial charge in [0.15, 0.2) is 5.58 Å². The second kappa shape index (κ2) is 5.44.